The van der Waals surface area contributed by atoms with Gasteiger partial charge in [0.05, 0.1) is 18.4 Å². The van der Waals surface area contributed by atoms with E-state index in [9.17, 15) is 10.3 Å². The predicted octanol–water partition coefficient (Wildman–Crippen LogP) is 3.35. The molecule has 1 aromatic rings. The second kappa shape index (κ2) is 6.46. The van der Waals surface area contributed by atoms with Crippen LogP contribution >= 0.6 is 0 Å². The molecule has 0 amide bonds. The summed E-state index contributed by atoms with van der Waals surface area (Å²) >= 11 is 0. The fourth-order valence-electron chi connectivity index (χ4n) is 6.47. The number of aliphatic hydroxyl groups is 1. The lowest BCUT2D eigenvalue weighted by molar-refractivity contribution is -0.160. The molecule has 2 N–H and O–H groups in total. The Morgan fingerprint density at radius 2 is 2.14 bits per heavy atom. The Hall–Kier alpha value is -1.59. The standard InChI is InChI=1S/C23H32N2O3/c1-3-16-12-23(26)21-10-17-6-7-18(28-2)11-19(17)22(23,13-20(16)24-27)8-9-25(21)14-15-4-5-15/h6-7,11,15-16,21,26-27H,3-5,8-10,12-14H2,1-2H3/t16?,21-,22-,23-/m1/s1. The Kier molecular flexibility index (Phi) is 4.25. The molecule has 0 spiro atoms. The van der Waals surface area contributed by atoms with Crippen molar-refractivity contribution >= 4 is 5.71 Å². The second-order valence-electron chi connectivity index (χ2n) is 9.52. The lowest BCUT2D eigenvalue weighted by Gasteiger charge is -2.64. The zero-order chi connectivity index (χ0) is 19.5. The number of fused-ring (bicyclic) bond motifs is 1. The van der Waals surface area contributed by atoms with E-state index < -0.39 is 5.60 Å². The van der Waals surface area contributed by atoms with Gasteiger partial charge in [-0.2, -0.15) is 0 Å². The van der Waals surface area contributed by atoms with E-state index in [1.807, 2.05) is 6.07 Å². The molecule has 1 aliphatic heterocycles. The van der Waals surface area contributed by atoms with Crippen LogP contribution in [0.25, 0.3) is 0 Å². The highest BCUT2D eigenvalue weighted by molar-refractivity contribution is 5.89. The molecule has 2 bridgehead atoms. The first-order chi connectivity index (χ1) is 13.5. The number of benzene rings is 1. The minimum atomic E-state index is -0.783. The predicted molar refractivity (Wildman–Crippen MR) is 108 cm³/mol. The van der Waals surface area contributed by atoms with Gasteiger partial charge in [0.15, 0.2) is 0 Å². The quantitative estimate of drug-likeness (QED) is 0.617. The highest BCUT2D eigenvalue weighted by atomic mass is 16.5. The summed E-state index contributed by atoms with van der Waals surface area (Å²) in [5.74, 6) is 1.81. The molecular weight excluding hydrogens is 352 g/mol. The van der Waals surface area contributed by atoms with Crippen LogP contribution in [0.1, 0.15) is 56.6 Å². The second-order valence-corrected chi connectivity index (χ2v) is 9.52. The Morgan fingerprint density at radius 1 is 1.32 bits per heavy atom. The molecule has 5 nitrogen and oxygen atoms in total. The Morgan fingerprint density at radius 3 is 2.82 bits per heavy atom. The number of rotatable bonds is 4. The molecule has 2 saturated carbocycles. The van der Waals surface area contributed by atoms with Gasteiger partial charge in [-0.25, -0.2) is 0 Å². The number of piperidine rings is 1. The fraction of sp³-hybridized carbons (Fsp3) is 0.696. The Balaban J connectivity index is 1.65. The van der Waals surface area contributed by atoms with Crippen LogP contribution < -0.4 is 4.74 Å². The van der Waals surface area contributed by atoms with Gasteiger partial charge in [0, 0.05) is 30.3 Å². The highest BCUT2D eigenvalue weighted by Gasteiger charge is 2.65. The monoisotopic (exact) mass is 384 g/mol. The van der Waals surface area contributed by atoms with Crippen LogP contribution in [0.2, 0.25) is 0 Å². The van der Waals surface area contributed by atoms with Crippen molar-refractivity contribution < 1.29 is 15.1 Å². The highest BCUT2D eigenvalue weighted by Crippen LogP contribution is 2.59. The first kappa shape index (κ1) is 18.4. The van der Waals surface area contributed by atoms with Gasteiger partial charge in [-0.05, 0) is 74.2 Å². The summed E-state index contributed by atoms with van der Waals surface area (Å²) in [5, 5.41) is 25.8. The summed E-state index contributed by atoms with van der Waals surface area (Å²) in [4.78, 5) is 2.58. The topological polar surface area (TPSA) is 65.3 Å². The van der Waals surface area contributed by atoms with Crippen LogP contribution in [0, 0.1) is 11.8 Å². The molecule has 1 heterocycles. The van der Waals surface area contributed by atoms with Crippen molar-refractivity contribution in [2.75, 3.05) is 20.2 Å². The van der Waals surface area contributed by atoms with Crippen molar-refractivity contribution in [1.29, 1.82) is 0 Å². The molecule has 5 heteroatoms. The summed E-state index contributed by atoms with van der Waals surface area (Å²) in [5.41, 5.74) is 2.23. The normalized spacial score (nSPS) is 38.8. The van der Waals surface area contributed by atoms with Crippen LogP contribution in [0.4, 0.5) is 0 Å². The molecule has 1 unspecified atom stereocenters. The zero-order valence-corrected chi connectivity index (χ0v) is 17.0. The van der Waals surface area contributed by atoms with Crippen molar-refractivity contribution in [3.05, 3.63) is 29.3 Å². The molecule has 0 radical (unpaired) electrons. The number of hydrogen-bond donors (Lipinski definition) is 2. The molecule has 1 saturated heterocycles. The van der Waals surface area contributed by atoms with Crippen molar-refractivity contribution in [3.8, 4) is 5.75 Å². The van der Waals surface area contributed by atoms with Gasteiger partial charge in [-0.1, -0.05) is 18.1 Å². The molecule has 1 aromatic carbocycles. The van der Waals surface area contributed by atoms with Gasteiger partial charge in [0.1, 0.15) is 5.75 Å². The minimum Gasteiger partial charge on any atom is -0.497 e. The zero-order valence-electron chi connectivity index (χ0n) is 17.0. The van der Waals surface area contributed by atoms with Gasteiger partial charge in [0.2, 0.25) is 0 Å². The molecule has 3 fully saturated rings. The molecule has 5 rings (SSSR count). The number of methoxy groups -OCH3 is 1. The van der Waals surface area contributed by atoms with Gasteiger partial charge in [0.25, 0.3) is 0 Å². The van der Waals surface area contributed by atoms with Crippen molar-refractivity contribution in [3.63, 3.8) is 0 Å². The number of oxime groups is 1. The van der Waals surface area contributed by atoms with E-state index in [1.54, 1.807) is 7.11 Å². The molecule has 4 atom stereocenters. The van der Waals surface area contributed by atoms with Gasteiger partial charge < -0.3 is 15.1 Å². The van der Waals surface area contributed by atoms with Crippen LogP contribution in [-0.2, 0) is 11.8 Å². The smallest absolute Gasteiger partial charge is 0.119 e. The minimum absolute atomic E-state index is 0.150. The maximum absolute atomic E-state index is 12.4. The Labute approximate surface area is 167 Å². The first-order valence-corrected chi connectivity index (χ1v) is 10.9. The average Bonchev–Trinajstić information content (AvgIpc) is 3.52. The number of ether oxygens (including phenoxy) is 1. The van der Waals surface area contributed by atoms with Crippen molar-refractivity contribution in [2.24, 2.45) is 17.0 Å². The maximum atomic E-state index is 12.4. The van der Waals surface area contributed by atoms with E-state index in [1.165, 1.54) is 24.0 Å². The van der Waals surface area contributed by atoms with Crippen LogP contribution in [0.3, 0.4) is 0 Å². The van der Waals surface area contributed by atoms with E-state index in [2.05, 4.69) is 29.1 Å². The summed E-state index contributed by atoms with van der Waals surface area (Å²) in [7, 11) is 1.70. The number of likely N-dealkylation sites (tertiary alicyclic amines) is 1. The van der Waals surface area contributed by atoms with E-state index in [0.29, 0.717) is 12.8 Å². The molecule has 0 aromatic heterocycles. The van der Waals surface area contributed by atoms with E-state index in [0.717, 1.165) is 49.7 Å². The van der Waals surface area contributed by atoms with Crippen molar-refractivity contribution in [1.82, 2.24) is 4.90 Å². The summed E-state index contributed by atoms with van der Waals surface area (Å²) in [6.07, 6.45) is 6.70. The Bertz CT molecular complexity index is 805. The molecule has 3 aliphatic carbocycles. The van der Waals surface area contributed by atoms with E-state index in [-0.39, 0.29) is 17.4 Å². The SMILES string of the molecule is CCC1C[C@@]2(O)[C@H]3Cc4ccc(OC)cc4[C@@]2(CCN3CC2CC2)CC1=NO. The maximum Gasteiger partial charge on any atom is 0.119 e. The number of hydrogen-bond acceptors (Lipinski definition) is 5. The van der Waals surface area contributed by atoms with Gasteiger partial charge >= 0.3 is 0 Å². The number of nitrogens with zero attached hydrogens (tertiary/aromatic N) is 2. The fourth-order valence-corrected chi connectivity index (χ4v) is 6.47. The third kappa shape index (κ3) is 2.48. The van der Waals surface area contributed by atoms with Crippen LogP contribution in [0.15, 0.2) is 23.4 Å². The lowest BCUT2D eigenvalue weighted by Crippen LogP contribution is -2.74. The first-order valence-electron chi connectivity index (χ1n) is 10.9. The summed E-state index contributed by atoms with van der Waals surface area (Å²) in [6.45, 7) is 4.26. The summed E-state index contributed by atoms with van der Waals surface area (Å²) < 4.78 is 5.53. The molecule has 152 valence electrons. The van der Waals surface area contributed by atoms with E-state index in [4.69, 9.17) is 4.74 Å². The van der Waals surface area contributed by atoms with Gasteiger partial charge in [-0.15, -0.1) is 0 Å². The van der Waals surface area contributed by atoms with Crippen molar-refractivity contribution in [2.45, 2.75) is 68.9 Å². The largest absolute Gasteiger partial charge is 0.497 e. The molecule has 28 heavy (non-hydrogen) atoms. The molecular formula is C23H32N2O3. The average molecular weight is 385 g/mol. The van der Waals surface area contributed by atoms with Crippen LogP contribution in [0.5, 0.6) is 5.75 Å². The van der Waals surface area contributed by atoms with Crippen LogP contribution in [-0.4, -0.2) is 52.8 Å². The third-order valence-corrected chi connectivity index (χ3v) is 8.22. The van der Waals surface area contributed by atoms with Gasteiger partial charge in [-0.3, -0.25) is 4.90 Å². The third-order valence-electron chi connectivity index (χ3n) is 8.22. The van der Waals surface area contributed by atoms with E-state index >= 15 is 0 Å². The molecule has 4 aliphatic rings. The lowest BCUT2D eigenvalue weighted by atomic mass is 9.47. The summed E-state index contributed by atoms with van der Waals surface area (Å²) in [6, 6.07) is 6.51.